The van der Waals surface area contributed by atoms with Crippen LogP contribution in [-0.2, 0) is 15.0 Å². The number of hydrogen-bond donors (Lipinski definition) is 1. The van der Waals surface area contributed by atoms with Crippen LogP contribution in [0.25, 0.3) is 16.6 Å². The van der Waals surface area contributed by atoms with E-state index in [4.69, 9.17) is 11.6 Å². The molecular formula is C41H42ClF2N5O3. The standard InChI is InChI=1S/C41H42ClF2N5O3/c1-40(2)28-18-24(9-11-32(28)49-33-8-4-7-29(42)36(33)38(52)46-39(40)49)23-5-3-6-25(17-23)48-21-41(22-48)13-15-47(16-14-41)26-19-30(43)35(31(44)20-26)27-10-12-34(50)45-37(27)51/h4,7-9,11,18-20,23,25,27H,3,5-6,10,12-17,21-22H2,1-2H3,(H,45,50,51). The molecule has 9 rings (SSSR count). The maximum absolute atomic E-state index is 15.3. The van der Waals surface area contributed by atoms with Crippen molar-refractivity contribution in [1.82, 2.24) is 19.8 Å². The highest BCUT2D eigenvalue weighted by Crippen LogP contribution is 2.48. The molecule has 4 fully saturated rings. The Balaban J connectivity index is 0.860. The SMILES string of the molecule is CC1(C)c2cc(C3CCCC(N4CC5(CCN(c6cc(F)c(C7CCC(=O)NC7=O)c(F)c6)CC5)C4)C3)ccc2-n2c1nc(=O)c1c(Cl)cccc12. The molecule has 1 N–H and O–H groups in total. The molecule has 52 heavy (non-hydrogen) atoms. The Hall–Kier alpha value is -4.15. The summed E-state index contributed by atoms with van der Waals surface area (Å²) in [5.41, 5.74) is 4.16. The van der Waals surface area contributed by atoms with Crippen LogP contribution in [0.5, 0.6) is 0 Å². The number of carbonyl (C=O) groups excluding carboxylic acids is 2. The lowest BCUT2D eigenvalue weighted by Crippen LogP contribution is -2.63. The van der Waals surface area contributed by atoms with Crippen molar-refractivity contribution in [2.75, 3.05) is 31.1 Å². The summed E-state index contributed by atoms with van der Waals surface area (Å²) in [6.45, 7) is 7.86. The molecule has 2 amide bonds. The summed E-state index contributed by atoms with van der Waals surface area (Å²) in [7, 11) is 0. The third kappa shape index (κ3) is 5.31. The maximum atomic E-state index is 15.3. The number of halogens is 3. The van der Waals surface area contributed by atoms with Crippen molar-refractivity contribution >= 4 is 40.0 Å². The minimum absolute atomic E-state index is 0.0712. The molecule has 270 valence electrons. The molecule has 8 nitrogen and oxygen atoms in total. The highest BCUT2D eigenvalue weighted by Gasteiger charge is 2.48. The summed E-state index contributed by atoms with van der Waals surface area (Å²) in [6.07, 6.45) is 6.75. The second-order valence-corrected chi connectivity index (χ2v) is 16.8. The summed E-state index contributed by atoms with van der Waals surface area (Å²) >= 11 is 6.47. The molecule has 5 heterocycles. The number of rotatable bonds is 4. The maximum Gasteiger partial charge on any atom is 0.282 e. The van der Waals surface area contributed by atoms with Crippen LogP contribution in [0.1, 0.15) is 99.6 Å². The zero-order valence-electron chi connectivity index (χ0n) is 29.5. The fourth-order valence-corrected chi connectivity index (χ4v) is 10.2. The van der Waals surface area contributed by atoms with Crippen molar-refractivity contribution in [3.05, 3.63) is 98.1 Å². The zero-order chi connectivity index (χ0) is 36.1. The minimum atomic E-state index is -0.992. The molecule has 3 aromatic carbocycles. The van der Waals surface area contributed by atoms with Gasteiger partial charge in [0, 0.05) is 49.9 Å². The van der Waals surface area contributed by atoms with Gasteiger partial charge in [-0.2, -0.15) is 4.98 Å². The van der Waals surface area contributed by atoms with Gasteiger partial charge in [-0.25, -0.2) is 8.78 Å². The number of amides is 2. The van der Waals surface area contributed by atoms with Crippen LogP contribution in [0.4, 0.5) is 14.5 Å². The summed E-state index contributed by atoms with van der Waals surface area (Å²) in [5.74, 6) is -2.30. The lowest BCUT2D eigenvalue weighted by molar-refractivity contribution is -0.134. The predicted octanol–water partition coefficient (Wildman–Crippen LogP) is 7.11. The van der Waals surface area contributed by atoms with Crippen molar-refractivity contribution in [3.63, 3.8) is 0 Å². The average Bonchev–Trinajstić information content (AvgIpc) is 3.33. The molecule has 4 aromatic rings. The fraction of sp³-hybridized carbons (Fsp3) is 0.463. The van der Waals surface area contributed by atoms with Gasteiger partial charge in [0.05, 0.1) is 32.9 Å². The number of anilines is 1. The van der Waals surface area contributed by atoms with Crippen LogP contribution in [-0.4, -0.2) is 58.5 Å². The monoisotopic (exact) mass is 725 g/mol. The van der Waals surface area contributed by atoms with Gasteiger partial charge < -0.3 is 4.90 Å². The van der Waals surface area contributed by atoms with Gasteiger partial charge in [0.1, 0.15) is 17.5 Å². The Kier molecular flexibility index (Phi) is 7.90. The molecule has 5 aliphatic rings. The van der Waals surface area contributed by atoms with Gasteiger partial charge >= 0.3 is 0 Å². The van der Waals surface area contributed by atoms with Gasteiger partial charge in [-0.15, -0.1) is 0 Å². The quantitative estimate of drug-likeness (QED) is 0.226. The number of aromatic nitrogens is 2. The van der Waals surface area contributed by atoms with Crippen LogP contribution in [0, 0.1) is 17.0 Å². The van der Waals surface area contributed by atoms with Crippen LogP contribution < -0.4 is 15.8 Å². The van der Waals surface area contributed by atoms with E-state index in [0.717, 1.165) is 68.9 Å². The van der Waals surface area contributed by atoms with E-state index in [2.05, 4.69) is 56.7 Å². The van der Waals surface area contributed by atoms with E-state index in [1.54, 1.807) is 6.07 Å². The molecular weight excluding hydrogens is 684 g/mol. The third-order valence-corrected chi connectivity index (χ3v) is 13.2. The van der Waals surface area contributed by atoms with Gasteiger partial charge in [0.25, 0.3) is 5.56 Å². The number of benzene rings is 3. The van der Waals surface area contributed by atoms with E-state index in [9.17, 15) is 14.4 Å². The van der Waals surface area contributed by atoms with E-state index in [1.165, 1.54) is 36.1 Å². The average molecular weight is 726 g/mol. The highest BCUT2D eigenvalue weighted by molar-refractivity contribution is 6.35. The first-order valence-electron chi connectivity index (χ1n) is 18.6. The highest BCUT2D eigenvalue weighted by atomic mass is 35.5. The first kappa shape index (κ1) is 33.7. The van der Waals surface area contributed by atoms with Crippen molar-refractivity contribution in [2.24, 2.45) is 5.41 Å². The summed E-state index contributed by atoms with van der Waals surface area (Å²) in [5, 5.41) is 3.08. The molecule has 1 aliphatic carbocycles. The lowest BCUT2D eigenvalue weighted by atomic mass is 9.69. The second-order valence-electron chi connectivity index (χ2n) is 16.3. The van der Waals surface area contributed by atoms with E-state index < -0.39 is 34.8 Å². The number of nitrogens with zero attached hydrogens (tertiary/aromatic N) is 4. The number of likely N-dealkylation sites (tertiary alicyclic amines) is 1. The summed E-state index contributed by atoms with van der Waals surface area (Å²) < 4.78 is 32.6. The number of nitrogens with one attached hydrogen (secondary N) is 1. The Morgan fingerprint density at radius 1 is 0.942 bits per heavy atom. The van der Waals surface area contributed by atoms with Gasteiger partial charge in [-0.1, -0.05) is 36.2 Å². The summed E-state index contributed by atoms with van der Waals surface area (Å²) in [4.78, 5) is 46.2. The molecule has 1 saturated carbocycles. The predicted molar refractivity (Wildman–Crippen MR) is 196 cm³/mol. The molecule has 1 spiro atoms. The smallest absolute Gasteiger partial charge is 0.282 e. The number of imide groups is 1. The number of hydrogen-bond acceptors (Lipinski definition) is 6. The molecule has 3 unspecified atom stereocenters. The summed E-state index contributed by atoms with van der Waals surface area (Å²) in [6, 6.07) is 15.6. The molecule has 0 radical (unpaired) electrons. The van der Waals surface area contributed by atoms with Gasteiger partial charge in [-0.05, 0) is 105 Å². The largest absolute Gasteiger partial charge is 0.371 e. The first-order chi connectivity index (χ1) is 24.9. The minimum Gasteiger partial charge on any atom is -0.371 e. The second kappa shape index (κ2) is 12.2. The number of carbonyl (C=O) groups is 2. The van der Waals surface area contributed by atoms with E-state index in [0.29, 0.717) is 28.1 Å². The van der Waals surface area contributed by atoms with E-state index >= 15 is 8.78 Å². The first-order valence-corrected chi connectivity index (χ1v) is 19.0. The molecule has 4 aliphatic heterocycles. The Bertz CT molecular complexity index is 2200. The molecule has 3 atom stereocenters. The van der Waals surface area contributed by atoms with Crippen LogP contribution in [0.2, 0.25) is 5.02 Å². The van der Waals surface area contributed by atoms with Crippen molar-refractivity contribution in [1.29, 1.82) is 0 Å². The normalized spacial score (nSPS) is 25.2. The Morgan fingerprint density at radius 3 is 2.42 bits per heavy atom. The van der Waals surface area contributed by atoms with Gasteiger partial charge in [0.15, 0.2) is 0 Å². The topological polar surface area (TPSA) is 87.5 Å². The lowest BCUT2D eigenvalue weighted by Gasteiger charge is -2.57. The van der Waals surface area contributed by atoms with Crippen molar-refractivity contribution in [2.45, 2.75) is 88.5 Å². The Labute approximate surface area is 306 Å². The molecule has 3 saturated heterocycles. The fourth-order valence-electron chi connectivity index (χ4n) is 10.00. The van der Waals surface area contributed by atoms with Crippen molar-refractivity contribution in [3.8, 4) is 5.69 Å². The molecule has 1 aromatic heterocycles. The van der Waals surface area contributed by atoms with Gasteiger partial charge in [-0.3, -0.25) is 29.2 Å². The van der Waals surface area contributed by atoms with Crippen LogP contribution >= 0.6 is 11.6 Å². The van der Waals surface area contributed by atoms with Gasteiger partial charge in [0.2, 0.25) is 11.8 Å². The number of piperidine rings is 2. The van der Waals surface area contributed by atoms with E-state index in [1.807, 2.05) is 12.1 Å². The molecule has 0 bridgehead atoms. The zero-order valence-corrected chi connectivity index (χ0v) is 30.2. The Morgan fingerprint density at radius 2 is 1.69 bits per heavy atom. The number of fused-ring (bicyclic) bond motifs is 5. The van der Waals surface area contributed by atoms with E-state index in [-0.39, 0.29) is 29.4 Å². The molecule has 11 heteroatoms. The van der Waals surface area contributed by atoms with Crippen molar-refractivity contribution < 1.29 is 18.4 Å². The third-order valence-electron chi connectivity index (χ3n) is 12.9. The van der Waals surface area contributed by atoms with Crippen LogP contribution in [0.3, 0.4) is 0 Å². The van der Waals surface area contributed by atoms with Crippen LogP contribution in [0.15, 0.2) is 53.3 Å².